The fourth-order valence-corrected chi connectivity index (χ4v) is 15.1. The zero-order valence-electron chi connectivity index (χ0n) is 68.7. The smallest absolute Gasteiger partial charge is 0.462 e. The van der Waals surface area contributed by atoms with Crippen molar-refractivity contribution < 1.29 is 80.2 Å². The Kier molecular flexibility index (Phi) is 78.6. The van der Waals surface area contributed by atoms with Crippen molar-refractivity contribution in [2.75, 3.05) is 39.6 Å². The van der Waals surface area contributed by atoms with Crippen LogP contribution in [-0.2, 0) is 65.4 Å². The van der Waals surface area contributed by atoms with Gasteiger partial charge in [-0.05, 0) is 25.7 Å². The molecule has 0 amide bonds. The van der Waals surface area contributed by atoms with Crippen LogP contribution in [0, 0.1) is 0 Å². The van der Waals surface area contributed by atoms with Crippen LogP contribution >= 0.6 is 15.6 Å². The van der Waals surface area contributed by atoms with E-state index in [0.717, 1.165) is 89.9 Å². The summed E-state index contributed by atoms with van der Waals surface area (Å²) < 4.78 is 68.9. The lowest BCUT2D eigenvalue weighted by molar-refractivity contribution is -0.161. The van der Waals surface area contributed by atoms with E-state index in [4.69, 9.17) is 37.0 Å². The second kappa shape index (κ2) is 80.1. The summed E-state index contributed by atoms with van der Waals surface area (Å²) in [5.41, 5.74) is 0. The zero-order valence-corrected chi connectivity index (χ0v) is 70.5. The highest BCUT2D eigenvalue weighted by Crippen LogP contribution is 2.45. The van der Waals surface area contributed by atoms with Gasteiger partial charge in [-0.25, -0.2) is 9.13 Å². The summed E-state index contributed by atoms with van der Waals surface area (Å²) in [6, 6.07) is 0. The monoisotopic (exact) mass is 1540 g/mol. The van der Waals surface area contributed by atoms with E-state index in [2.05, 4.69) is 27.7 Å². The number of carbonyl (C=O) groups excluding carboxylic acids is 4. The molecule has 0 spiro atoms. The Balaban J connectivity index is 5.24. The summed E-state index contributed by atoms with van der Waals surface area (Å²) >= 11 is 0. The summed E-state index contributed by atoms with van der Waals surface area (Å²) in [5, 5.41) is 10.7. The van der Waals surface area contributed by atoms with E-state index in [1.165, 1.54) is 302 Å². The first-order valence-electron chi connectivity index (χ1n) is 44.8. The molecule has 17 nitrogen and oxygen atoms in total. The molecule has 105 heavy (non-hydrogen) atoms. The SMILES string of the molecule is CCCCCCCCCCCCCCCCCCCCCCCC(=O)O[C@H](COC(=O)CCCCCCCCCCCCCCCCCC)COP(=O)(O)OC[C@@H](O)COP(=O)(O)OC[C@@H](COC(=O)CCCCCCCCCCCCCC)OC(=O)CCCCCCCCCCCCCCCCCC. The topological polar surface area (TPSA) is 237 Å². The molecule has 0 saturated heterocycles. The normalized spacial score (nSPS) is 13.7. The number of hydrogen-bond donors (Lipinski definition) is 3. The molecular weight excluding hydrogens is 1370 g/mol. The fourth-order valence-electron chi connectivity index (χ4n) is 13.5. The van der Waals surface area contributed by atoms with Crippen LogP contribution in [0.5, 0.6) is 0 Å². The van der Waals surface area contributed by atoms with Gasteiger partial charge in [-0.2, -0.15) is 0 Å². The van der Waals surface area contributed by atoms with Crippen LogP contribution in [0.2, 0.25) is 0 Å². The van der Waals surface area contributed by atoms with Crippen molar-refractivity contribution in [3.63, 3.8) is 0 Å². The van der Waals surface area contributed by atoms with E-state index in [1.54, 1.807) is 0 Å². The van der Waals surface area contributed by atoms with E-state index in [-0.39, 0.29) is 25.7 Å². The third kappa shape index (κ3) is 79.9. The van der Waals surface area contributed by atoms with Gasteiger partial charge in [0.1, 0.15) is 19.3 Å². The van der Waals surface area contributed by atoms with Crippen molar-refractivity contribution in [2.24, 2.45) is 0 Å². The molecule has 0 aliphatic heterocycles. The molecule has 2 unspecified atom stereocenters. The number of hydrogen-bond acceptors (Lipinski definition) is 15. The molecule has 0 aliphatic rings. The minimum atomic E-state index is -4.96. The highest BCUT2D eigenvalue weighted by atomic mass is 31.2. The quantitative estimate of drug-likeness (QED) is 0.0222. The molecule has 0 rings (SSSR count). The highest BCUT2D eigenvalue weighted by Gasteiger charge is 2.30. The molecule has 0 aliphatic carbocycles. The summed E-state index contributed by atoms with van der Waals surface area (Å²) in [5.74, 6) is -2.10. The van der Waals surface area contributed by atoms with Crippen molar-refractivity contribution in [1.82, 2.24) is 0 Å². The maximum atomic E-state index is 13.1. The number of aliphatic hydroxyl groups is 1. The van der Waals surface area contributed by atoms with Crippen LogP contribution in [0.25, 0.3) is 0 Å². The summed E-state index contributed by atoms with van der Waals surface area (Å²) in [6.07, 6.45) is 74.9. The number of aliphatic hydroxyl groups excluding tert-OH is 1. The Morgan fingerprint density at radius 3 is 0.562 bits per heavy atom. The van der Waals surface area contributed by atoms with Gasteiger partial charge in [-0.1, -0.05) is 419 Å². The third-order valence-electron chi connectivity index (χ3n) is 20.4. The van der Waals surface area contributed by atoms with Crippen molar-refractivity contribution in [1.29, 1.82) is 0 Å². The van der Waals surface area contributed by atoms with E-state index in [9.17, 15) is 43.2 Å². The average Bonchev–Trinajstić information content (AvgIpc) is 0.941. The Labute approximate surface area is 645 Å². The molecule has 0 aromatic rings. The number of ether oxygens (including phenoxy) is 4. The van der Waals surface area contributed by atoms with Gasteiger partial charge in [0, 0.05) is 25.7 Å². The maximum Gasteiger partial charge on any atom is 0.472 e. The lowest BCUT2D eigenvalue weighted by Crippen LogP contribution is -2.30. The molecular formula is C86H168O17P2. The van der Waals surface area contributed by atoms with E-state index >= 15 is 0 Å². The molecule has 3 N–H and O–H groups in total. The maximum absolute atomic E-state index is 13.1. The number of phosphoric ester groups is 2. The van der Waals surface area contributed by atoms with E-state index < -0.39 is 97.5 Å². The van der Waals surface area contributed by atoms with Crippen LogP contribution in [0.3, 0.4) is 0 Å². The molecule has 0 radical (unpaired) electrons. The second-order valence-electron chi connectivity index (χ2n) is 30.9. The Hall–Kier alpha value is -1.94. The number of esters is 4. The first-order chi connectivity index (χ1) is 51.2. The Morgan fingerprint density at radius 2 is 0.381 bits per heavy atom. The average molecular weight is 1540 g/mol. The van der Waals surface area contributed by atoms with Crippen molar-refractivity contribution >= 4 is 39.5 Å². The van der Waals surface area contributed by atoms with Gasteiger partial charge in [-0.15, -0.1) is 0 Å². The summed E-state index contributed by atoms with van der Waals surface area (Å²) in [6.45, 7) is 5.07. The van der Waals surface area contributed by atoms with Crippen LogP contribution in [0.15, 0.2) is 0 Å². The predicted octanol–water partition coefficient (Wildman–Crippen LogP) is 26.5. The molecule has 0 heterocycles. The zero-order chi connectivity index (χ0) is 76.7. The van der Waals surface area contributed by atoms with Gasteiger partial charge in [0.2, 0.25) is 0 Å². The van der Waals surface area contributed by atoms with Crippen LogP contribution in [-0.4, -0.2) is 96.7 Å². The minimum Gasteiger partial charge on any atom is -0.462 e. The molecule has 0 bridgehead atoms. The lowest BCUT2D eigenvalue weighted by atomic mass is 10.0. The number of phosphoric acid groups is 2. The van der Waals surface area contributed by atoms with Crippen molar-refractivity contribution in [3.05, 3.63) is 0 Å². The lowest BCUT2D eigenvalue weighted by Gasteiger charge is -2.21. The van der Waals surface area contributed by atoms with Crippen molar-refractivity contribution in [3.8, 4) is 0 Å². The first-order valence-corrected chi connectivity index (χ1v) is 47.8. The molecule has 0 saturated carbocycles. The van der Waals surface area contributed by atoms with E-state index in [1.807, 2.05) is 0 Å². The Morgan fingerprint density at radius 1 is 0.229 bits per heavy atom. The number of unbranched alkanes of at least 4 members (excludes halogenated alkanes) is 61. The summed E-state index contributed by atoms with van der Waals surface area (Å²) in [7, 11) is -9.93. The molecule has 0 aromatic carbocycles. The number of carbonyl (C=O) groups is 4. The van der Waals surface area contributed by atoms with Crippen LogP contribution in [0.4, 0.5) is 0 Å². The highest BCUT2D eigenvalue weighted by molar-refractivity contribution is 7.47. The standard InChI is InChI=1S/C86H168O17P2/c1-5-9-13-17-21-25-29-33-36-39-40-41-42-43-46-49-53-57-61-65-69-73-86(91)103-82(77-97-84(89)71-67-63-59-55-51-47-44-37-34-30-26-22-18-14-10-6-2)79-101-105(94,95)99-75-80(87)74-98-104(92,93)100-78-81(76-96-83(88)70-66-62-58-54-50-32-28-24-20-16-12-8-4)102-85(90)72-68-64-60-56-52-48-45-38-35-31-27-23-19-15-11-7-3/h80-82,87H,5-79H2,1-4H3,(H,92,93)(H,94,95)/t80-,81+,82+/m0/s1. The Bertz CT molecular complexity index is 1980. The largest absolute Gasteiger partial charge is 0.472 e. The minimum absolute atomic E-state index is 0.109. The molecule has 5 atom stereocenters. The van der Waals surface area contributed by atoms with Crippen LogP contribution in [0.1, 0.15) is 471 Å². The predicted molar refractivity (Wildman–Crippen MR) is 432 cm³/mol. The first kappa shape index (κ1) is 103. The van der Waals surface area contributed by atoms with Gasteiger partial charge in [0.05, 0.1) is 26.4 Å². The molecule has 19 heteroatoms. The van der Waals surface area contributed by atoms with Crippen molar-refractivity contribution in [2.45, 2.75) is 489 Å². The van der Waals surface area contributed by atoms with E-state index in [0.29, 0.717) is 25.7 Å². The second-order valence-corrected chi connectivity index (χ2v) is 33.8. The van der Waals surface area contributed by atoms with Gasteiger partial charge < -0.3 is 33.8 Å². The number of rotatable bonds is 87. The third-order valence-corrected chi connectivity index (χ3v) is 22.3. The van der Waals surface area contributed by atoms with Gasteiger partial charge in [0.15, 0.2) is 12.2 Å². The molecule has 624 valence electrons. The summed E-state index contributed by atoms with van der Waals surface area (Å²) in [4.78, 5) is 73.2. The van der Waals surface area contributed by atoms with Gasteiger partial charge >= 0.3 is 39.5 Å². The van der Waals surface area contributed by atoms with Gasteiger partial charge in [-0.3, -0.25) is 37.3 Å². The molecule has 0 fully saturated rings. The molecule has 0 aromatic heterocycles. The van der Waals surface area contributed by atoms with Crippen LogP contribution < -0.4 is 0 Å². The fraction of sp³-hybridized carbons (Fsp3) is 0.953. The van der Waals surface area contributed by atoms with Gasteiger partial charge in [0.25, 0.3) is 0 Å².